The summed E-state index contributed by atoms with van der Waals surface area (Å²) in [6.07, 6.45) is 0. The fraction of sp³-hybridized carbons (Fsp3) is 0.125. The molecule has 1 amide bonds. The van der Waals surface area contributed by atoms with Crippen LogP contribution in [0.2, 0.25) is 5.71 Å². The van der Waals surface area contributed by atoms with Crippen LogP contribution in [0.4, 0.5) is 0 Å². The van der Waals surface area contributed by atoms with E-state index in [1.807, 2.05) is 12.1 Å². The Morgan fingerprint density at radius 3 is 2.67 bits per heavy atom. The molecule has 0 aliphatic rings. The number of hydrogen-bond donors (Lipinski definition) is 1. The number of para-hydroxylation sites is 1. The van der Waals surface area contributed by atoms with Crippen LogP contribution in [-0.2, 0) is 5.21 Å². The number of nitrogens with two attached hydrogens (primary N) is 1. The second-order valence-corrected chi connectivity index (χ2v) is 6.70. The van der Waals surface area contributed by atoms with Gasteiger partial charge in [0.15, 0.2) is 0 Å². The molecule has 0 saturated carbocycles. The van der Waals surface area contributed by atoms with Crippen LogP contribution in [0.1, 0.15) is 15.9 Å². The fourth-order valence-electron chi connectivity index (χ4n) is 2.21. The molecule has 1 aromatic heterocycles. The van der Waals surface area contributed by atoms with Crippen molar-refractivity contribution in [3.63, 3.8) is 0 Å². The summed E-state index contributed by atoms with van der Waals surface area (Å²) >= 11 is 0.373. The van der Waals surface area contributed by atoms with Gasteiger partial charge in [-0.1, -0.05) is 0 Å². The van der Waals surface area contributed by atoms with Crippen LogP contribution < -0.4 is 5.73 Å². The molecule has 1 radical (unpaired) electrons. The maximum absolute atomic E-state index is 11.4. The summed E-state index contributed by atoms with van der Waals surface area (Å²) in [6.45, 7) is 0. The molecule has 3 rings (SSSR count). The van der Waals surface area contributed by atoms with E-state index in [1.54, 1.807) is 18.2 Å². The second kappa shape index (κ2) is 5.74. The van der Waals surface area contributed by atoms with Crippen LogP contribution in [0.15, 0.2) is 46.9 Å². The normalized spacial score (nSPS) is 11.5. The van der Waals surface area contributed by atoms with Gasteiger partial charge in [0.1, 0.15) is 0 Å². The number of hydrogen-bond acceptors (Lipinski definition) is 3. The monoisotopic (exact) mass is 341 g/mol. The molecular weight excluding hydrogens is 327 g/mol. The van der Waals surface area contributed by atoms with Crippen molar-refractivity contribution in [2.45, 2.75) is 10.9 Å². The van der Waals surface area contributed by atoms with Gasteiger partial charge in [0.25, 0.3) is 0 Å². The first kappa shape index (κ1) is 13.9. The van der Waals surface area contributed by atoms with Gasteiger partial charge in [-0.15, -0.1) is 0 Å². The Bertz CT molecular complexity index is 794. The van der Waals surface area contributed by atoms with Gasteiger partial charge in [-0.3, -0.25) is 0 Å². The van der Waals surface area contributed by atoms with E-state index in [9.17, 15) is 4.79 Å². The molecule has 0 fully saturated rings. The summed E-state index contributed by atoms with van der Waals surface area (Å²) in [4.78, 5) is 15.8. The SMILES string of the molecule is C[As]Cc1ccc(-c2nc3c(C(N)=O)cccc3o2)cc1. The summed E-state index contributed by atoms with van der Waals surface area (Å²) in [5, 5.41) is 1.15. The van der Waals surface area contributed by atoms with E-state index in [2.05, 4.69) is 22.8 Å². The first-order valence-corrected chi connectivity index (χ1v) is 9.73. The molecule has 2 aromatic carbocycles. The molecular formula is C16H14AsN2O2. The van der Waals surface area contributed by atoms with Crippen molar-refractivity contribution >= 4 is 32.8 Å². The van der Waals surface area contributed by atoms with Crippen molar-refractivity contribution in [3.05, 3.63) is 53.6 Å². The van der Waals surface area contributed by atoms with Gasteiger partial charge in [0.2, 0.25) is 0 Å². The van der Waals surface area contributed by atoms with E-state index < -0.39 is 5.91 Å². The molecule has 1 heterocycles. The minimum atomic E-state index is -0.498. The third kappa shape index (κ3) is 2.72. The number of amides is 1. The Labute approximate surface area is 129 Å². The molecule has 0 bridgehead atoms. The van der Waals surface area contributed by atoms with Gasteiger partial charge in [0.05, 0.1) is 0 Å². The van der Waals surface area contributed by atoms with Gasteiger partial charge in [0, 0.05) is 0 Å². The number of oxazole rings is 1. The maximum atomic E-state index is 11.4. The Balaban J connectivity index is 2.04. The molecule has 0 aliphatic carbocycles. The average molecular weight is 341 g/mol. The van der Waals surface area contributed by atoms with Crippen LogP contribution in [0.3, 0.4) is 0 Å². The number of nitrogens with zero attached hydrogens (tertiary/aromatic N) is 1. The van der Waals surface area contributed by atoms with Gasteiger partial charge < -0.3 is 0 Å². The van der Waals surface area contributed by atoms with E-state index in [-0.39, 0.29) is 0 Å². The van der Waals surface area contributed by atoms with E-state index in [1.165, 1.54) is 5.56 Å². The Morgan fingerprint density at radius 1 is 1.24 bits per heavy atom. The molecule has 2 N–H and O–H groups in total. The predicted octanol–water partition coefficient (Wildman–Crippen LogP) is 2.85. The van der Waals surface area contributed by atoms with Crippen LogP contribution in [0.5, 0.6) is 0 Å². The van der Waals surface area contributed by atoms with Gasteiger partial charge in [-0.25, -0.2) is 0 Å². The summed E-state index contributed by atoms with van der Waals surface area (Å²) in [5.41, 5.74) is 11.3. The number of carbonyl (C=O) groups excluding carboxylic acids is 1. The minimum absolute atomic E-state index is 0.373. The number of rotatable bonds is 4. The molecule has 0 unspecified atom stereocenters. The van der Waals surface area contributed by atoms with E-state index in [0.29, 0.717) is 38.3 Å². The van der Waals surface area contributed by atoms with Crippen molar-refractivity contribution in [2.75, 3.05) is 0 Å². The molecule has 0 aliphatic heterocycles. The predicted molar refractivity (Wildman–Crippen MR) is 83.3 cm³/mol. The summed E-state index contributed by atoms with van der Waals surface area (Å²) in [5.74, 6) is 0.0112. The van der Waals surface area contributed by atoms with Crippen molar-refractivity contribution in [1.29, 1.82) is 0 Å². The Hall–Kier alpha value is -2.06. The fourth-order valence-corrected chi connectivity index (χ4v) is 3.41. The standard InChI is InChI=1S/C16H14AsN2O2/c1-17-9-10-5-7-11(8-6-10)16-19-14-12(15(18)20)3-2-4-13(14)21-16/h2-8H,9H2,1H3,(H2,18,20). The first-order valence-electron chi connectivity index (χ1n) is 6.53. The average Bonchev–Trinajstić information content (AvgIpc) is 2.92. The zero-order chi connectivity index (χ0) is 14.8. The quantitative estimate of drug-likeness (QED) is 0.742. The topological polar surface area (TPSA) is 69.1 Å². The molecule has 4 nitrogen and oxygen atoms in total. The molecule has 105 valence electrons. The summed E-state index contributed by atoms with van der Waals surface area (Å²) < 4.78 is 5.73. The van der Waals surface area contributed by atoms with Crippen molar-refractivity contribution in [2.24, 2.45) is 5.73 Å². The van der Waals surface area contributed by atoms with E-state index in [4.69, 9.17) is 10.2 Å². The third-order valence-corrected chi connectivity index (χ3v) is 4.66. The number of aromatic nitrogens is 1. The van der Waals surface area contributed by atoms with Crippen molar-refractivity contribution < 1.29 is 9.21 Å². The van der Waals surface area contributed by atoms with E-state index >= 15 is 0 Å². The van der Waals surface area contributed by atoms with Crippen molar-refractivity contribution in [1.82, 2.24) is 4.98 Å². The molecule has 3 aromatic rings. The van der Waals surface area contributed by atoms with Gasteiger partial charge in [-0.2, -0.15) is 0 Å². The Kier molecular flexibility index (Phi) is 3.80. The molecule has 0 atom stereocenters. The third-order valence-electron chi connectivity index (χ3n) is 3.23. The van der Waals surface area contributed by atoms with Crippen LogP contribution in [0, 0.1) is 0 Å². The van der Waals surface area contributed by atoms with Crippen molar-refractivity contribution in [3.8, 4) is 11.5 Å². The summed E-state index contributed by atoms with van der Waals surface area (Å²) in [7, 11) is 0. The molecule has 5 heteroatoms. The number of fused-ring (bicyclic) bond motifs is 1. The van der Waals surface area contributed by atoms with Gasteiger partial charge >= 0.3 is 129 Å². The van der Waals surface area contributed by atoms with Crippen LogP contribution >= 0.6 is 0 Å². The molecule has 0 spiro atoms. The number of carbonyl (C=O) groups is 1. The zero-order valence-electron chi connectivity index (χ0n) is 11.5. The summed E-state index contributed by atoms with van der Waals surface area (Å²) in [6, 6.07) is 13.4. The van der Waals surface area contributed by atoms with E-state index in [0.717, 1.165) is 10.8 Å². The first-order chi connectivity index (χ1) is 10.2. The zero-order valence-corrected chi connectivity index (χ0v) is 13.4. The second-order valence-electron chi connectivity index (χ2n) is 4.71. The van der Waals surface area contributed by atoms with Crippen LogP contribution in [-0.4, -0.2) is 26.6 Å². The molecule has 0 saturated heterocycles. The Morgan fingerprint density at radius 2 is 2.00 bits per heavy atom. The van der Waals surface area contributed by atoms with Gasteiger partial charge in [-0.05, 0) is 0 Å². The molecule has 21 heavy (non-hydrogen) atoms. The van der Waals surface area contributed by atoms with Crippen LogP contribution in [0.25, 0.3) is 22.6 Å². The number of benzene rings is 2. The number of primary amides is 1.